The molecule has 1 aliphatic heterocycles. The van der Waals surface area contributed by atoms with Gasteiger partial charge in [0, 0.05) is 60.8 Å². The molecule has 1 saturated carbocycles. The first-order valence-electron chi connectivity index (χ1n) is 13.1. The number of aromatic nitrogens is 2. The van der Waals surface area contributed by atoms with Gasteiger partial charge < -0.3 is 20.9 Å². The summed E-state index contributed by atoms with van der Waals surface area (Å²) >= 11 is 1.51. The molecule has 8 nitrogen and oxygen atoms in total. The van der Waals surface area contributed by atoms with Crippen molar-refractivity contribution >= 4 is 35.0 Å². The van der Waals surface area contributed by atoms with Gasteiger partial charge in [0.15, 0.2) is 5.16 Å². The highest BCUT2D eigenvalue weighted by atomic mass is 32.2. The average Bonchev–Trinajstić information content (AvgIpc) is 3.71. The van der Waals surface area contributed by atoms with Crippen LogP contribution in [-0.4, -0.2) is 59.0 Å². The third-order valence-electron chi connectivity index (χ3n) is 6.44. The average molecular weight is 522 g/mol. The van der Waals surface area contributed by atoms with Crippen molar-refractivity contribution in [2.75, 3.05) is 48.3 Å². The zero-order chi connectivity index (χ0) is 26.4. The molecule has 198 valence electrons. The van der Waals surface area contributed by atoms with E-state index in [1.807, 2.05) is 36.4 Å². The molecule has 2 fully saturated rings. The van der Waals surface area contributed by atoms with E-state index in [1.165, 1.54) is 11.8 Å². The molecule has 2 heterocycles. The molecule has 9 heteroatoms. The second-order valence-electron chi connectivity index (χ2n) is 10.4. The maximum absolute atomic E-state index is 12.1. The van der Waals surface area contributed by atoms with Gasteiger partial charge in [-0.2, -0.15) is 0 Å². The number of amides is 1. The molecule has 0 spiro atoms. The Bertz CT molecular complexity index is 1110. The first-order valence-corrected chi connectivity index (χ1v) is 13.9. The Kier molecular flexibility index (Phi) is 8.76. The summed E-state index contributed by atoms with van der Waals surface area (Å²) in [6.45, 7) is 17.3. The van der Waals surface area contributed by atoms with Gasteiger partial charge in [-0.3, -0.25) is 9.69 Å². The normalized spacial score (nSPS) is 16.9. The molecule has 37 heavy (non-hydrogen) atoms. The first kappa shape index (κ1) is 27.0. The van der Waals surface area contributed by atoms with E-state index in [9.17, 15) is 4.79 Å². The second-order valence-corrected chi connectivity index (χ2v) is 11.4. The largest absolute Gasteiger partial charge is 0.372 e. The van der Waals surface area contributed by atoms with E-state index in [0.29, 0.717) is 5.16 Å². The molecule has 1 aromatic carbocycles. The van der Waals surface area contributed by atoms with E-state index < -0.39 is 0 Å². The summed E-state index contributed by atoms with van der Waals surface area (Å²) in [7, 11) is 0. The highest BCUT2D eigenvalue weighted by molar-refractivity contribution is 7.99. The zero-order valence-electron chi connectivity index (χ0n) is 22.4. The smallest absolute Gasteiger partial charge is 0.227 e. The van der Waals surface area contributed by atoms with Gasteiger partial charge in [-0.15, -0.1) is 0 Å². The molecular weight excluding hydrogens is 482 g/mol. The minimum atomic E-state index is 0.114. The molecule has 1 aromatic heterocycles. The third kappa shape index (κ3) is 7.72. The Hall–Kier alpha value is -3.04. The van der Waals surface area contributed by atoms with Gasteiger partial charge in [0.25, 0.3) is 0 Å². The highest BCUT2D eigenvalue weighted by Gasteiger charge is 2.29. The molecule has 1 saturated heterocycles. The number of carbonyl (C=O) groups excluding carboxylic acids is 1. The maximum Gasteiger partial charge on any atom is 0.227 e. The summed E-state index contributed by atoms with van der Waals surface area (Å²) in [5, 5.41) is 10.4. The molecule has 0 unspecified atom stereocenters. The predicted molar refractivity (Wildman–Crippen MR) is 153 cm³/mol. The van der Waals surface area contributed by atoms with Crippen LogP contribution in [-0.2, 0) is 4.79 Å². The van der Waals surface area contributed by atoms with Crippen LogP contribution in [0, 0.1) is 5.92 Å². The van der Waals surface area contributed by atoms with E-state index in [0.717, 1.165) is 73.6 Å². The topological polar surface area (TPSA) is 85.4 Å². The lowest BCUT2D eigenvalue weighted by Crippen LogP contribution is -2.53. The van der Waals surface area contributed by atoms with Gasteiger partial charge in [-0.25, -0.2) is 9.97 Å². The Balaban J connectivity index is 1.53. The molecule has 0 atom stereocenters. The lowest BCUT2D eigenvalue weighted by Gasteiger charge is -2.42. The van der Waals surface area contributed by atoms with E-state index in [4.69, 9.17) is 9.97 Å². The van der Waals surface area contributed by atoms with Crippen molar-refractivity contribution in [3.05, 3.63) is 54.9 Å². The number of benzene rings is 1. The fraction of sp³-hybridized carbons (Fsp3) is 0.464. The summed E-state index contributed by atoms with van der Waals surface area (Å²) < 4.78 is 0. The summed E-state index contributed by atoms with van der Waals surface area (Å²) in [6, 6.07) is 9.89. The molecule has 0 radical (unpaired) electrons. The zero-order valence-corrected chi connectivity index (χ0v) is 23.2. The summed E-state index contributed by atoms with van der Waals surface area (Å²) in [5.74, 6) is 2.78. The van der Waals surface area contributed by atoms with E-state index in [-0.39, 0.29) is 17.4 Å². The van der Waals surface area contributed by atoms with Crippen LogP contribution in [0.2, 0.25) is 0 Å². The fourth-order valence-electron chi connectivity index (χ4n) is 4.18. The molecule has 1 aliphatic carbocycles. The van der Waals surface area contributed by atoms with Gasteiger partial charge in [-0.1, -0.05) is 12.7 Å². The van der Waals surface area contributed by atoms with E-state index in [1.54, 1.807) is 6.08 Å². The van der Waals surface area contributed by atoms with Crippen molar-refractivity contribution in [2.24, 2.45) is 5.92 Å². The number of anilines is 3. The van der Waals surface area contributed by atoms with Crippen LogP contribution in [0.15, 0.2) is 64.9 Å². The SMILES string of the molecule is C=C/C=C(\NCC)Nc1cc(N2CCN(C(C)(C)C)CC2)nc(Sc2ccc(NC(=O)C3CC3)cc2)n1. The summed E-state index contributed by atoms with van der Waals surface area (Å²) in [4.78, 5) is 27.7. The lowest BCUT2D eigenvalue weighted by atomic mass is 10.1. The van der Waals surface area contributed by atoms with Gasteiger partial charge >= 0.3 is 0 Å². The standard InChI is InChI=1S/C28H39N7OS/c1-6-8-23(29-7-2)31-24-19-25(34-15-17-35(18-16-34)28(3,4)5)33-27(32-24)37-22-13-11-21(12-14-22)30-26(36)20-9-10-20/h6,8,11-14,19-20,29H,1,7,9-10,15-18H2,2-5H3,(H,30,36)(H,31,32,33)/b23-8+. The first-order chi connectivity index (χ1) is 17.7. The fourth-order valence-corrected chi connectivity index (χ4v) is 4.95. The van der Waals surface area contributed by atoms with Crippen LogP contribution in [0.25, 0.3) is 0 Å². The van der Waals surface area contributed by atoms with Gasteiger partial charge in [0.2, 0.25) is 5.91 Å². The summed E-state index contributed by atoms with van der Waals surface area (Å²) in [6.07, 6.45) is 5.63. The molecule has 1 amide bonds. The molecule has 2 aromatic rings. The molecular formula is C28H39N7OS. The van der Waals surface area contributed by atoms with Crippen LogP contribution in [0.5, 0.6) is 0 Å². The van der Waals surface area contributed by atoms with Crippen molar-refractivity contribution in [1.82, 2.24) is 20.2 Å². The van der Waals surface area contributed by atoms with Crippen LogP contribution < -0.4 is 20.9 Å². The van der Waals surface area contributed by atoms with Crippen LogP contribution in [0.4, 0.5) is 17.3 Å². The van der Waals surface area contributed by atoms with Crippen molar-refractivity contribution in [1.29, 1.82) is 0 Å². The van der Waals surface area contributed by atoms with E-state index in [2.05, 4.69) is 60.0 Å². The number of nitrogens with one attached hydrogen (secondary N) is 3. The monoisotopic (exact) mass is 521 g/mol. The number of hydrogen-bond acceptors (Lipinski definition) is 8. The molecule has 3 N–H and O–H groups in total. The number of piperazine rings is 1. The van der Waals surface area contributed by atoms with Gasteiger partial charge in [0.05, 0.1) is 0 Å². The van der Waals surface area contributed by atoms with Crippen molar-refractivity contribution in [2.45, 2.75) is 56.1 Å². The Labute approximate surface area is 225 Å². The number of carbonyl (C=O) groups is 1. The van der Waals surface area contributed by atoms with E-state index >= 15 is 0 Å². The minimum absolute atomic E-state index is 0.114. The second kappa shape index (κ2) is 12.0. The van der Waals surface area contributed by atoms with Crippen molar-refractivity contribution in [3.63, 3.8) is 0 Å². The van der Waals surface area contributed by atoms with Crippen LogP contribution in [0.3, 0.4) is 0 Å². The Morgan fingerprint density at radius 3 is 2.41 bits per heavy atom. The number of allylic oxidation sites excluding steroid dienone is 2. The molecule has 0 bridgehead atoms. The van der Waals surface area contributed by atoms with Crippen molar-refractivity contribution < 1.29 is 4.79 Å². The minimum Gasteiger partial charge on any atom is -0.372 e. The summed E-state index contributed by atoms with van der Waals surface area (Å²) in [5.41, 5.74) is 0.978. The Morgan fingerprint density at radius 2 is 1.81 bits per heavy atom. The van der Waals surface area contributed by atoms with Crippen molar-refractivity contribution in [3.8, 4) is 0 Å². The molecule has 2 aliphatic rings. The third-order valence-corrected chi connectivity index (χ3v) is 7.31. The quantitative estimate of drug-likeness (QED) is 0.299. The lowest BCUT2D eigenvalue weighted by molar-refractivity contribution is -0.117. The highest BCUT2D eigenvalue weighted by Crippen LogP contribution is 2.32. The number of rotatable bonds is 10. The number of nitrogens with zero attached hydrogens (tertiary/aromatic N) is 4. The predicted octanol–water partition coefficient (Wildman–Crippen LogP) is 4.95. The maximum atomic E-state index is 12.1. The van der Waals surface area contributed by atoms with Gasteiger partial charge in [0.1, 0.15) is 17.5 Å². The van der Waals surface area contributed by atoms with Gasteiger partial charge in [-0.05, 0) is 82.6 Å². The Morgan fingerprint density at radius 1 is 1.11 bits per heavy atom. The van der Waals surface area contributed by atoms with Crippen LogP contribution in [0.1, 0.15) is 40.5 Å². The van der Waals surface area contributed by atoms with Crippen LogP contribution >= 0.6 is 11.8 Å². The molecule has 4 rings (SSSR count). The number of hydrogen-bond donors (Lipinski definition) is 3.